The van der Waals surface area contributed by atoms with Crippen LogP contribution in [0.3, 0.4) is 0 Å². The number of hydrogen-bond donors (Lipinski definition) is 1. The standard InChI is InChI=1S/C12H21N/c1-4-12(9(2)10(3)13)8-11-6-5-7-11/h11-12H,2-8,13H2,1H3. The highest BCUT2D eigenvalue weighted by Crippen LogP contribution is 2.35. The normalized spacial score (nSPS) is 19.2. The topological polar surface area (TPSA) is 26.0 Å². The predicted octanol–water partition coefficient (Wildman–Crippen LogP) is 3.23. The van der Waals surface area contributed by atoms with Gasteiger partial charge in [-0.15, -0.1) is 0 Å². The van der Waals surface area contributed by atoms with E-state index in [1.54, 1.807) is 0 Å². The van der Waals surface area contributed by atoms with Crippen molar-refractivity contribution >= 4 is 0 Å². The van der Waals surface area contributed by atoms with Gasteiger partial charge in [0, 0.05) is 5.70 Å². The van der Waals surface area contributed by atoms with Gasteiger partial charge in [-0.1, -0.05) is 39.3 Å². The molecule has 0 amide bonds. The van der Waals surface area contributed by atoms with Crippen molar-refractivity contribution in [2.45, 2.75) is 39.0 Å². The maximum atomic E-state index is 5.65. The van der Waals surface area contributed by atoms with Crippen LogP contribution in [0, 0.1) is 11.8 Å². The zero-order chi connectivity index (χ0) is 9.84. The van der Waals surface area contributed by atoms with Crippen LogP contribution in [0.5, 0.6) is 0 Å². The van der Waals surface area contributed by atoms with Gasteiger partial charge in [0.25, 0.3) is 0 Å². The summed E-state index contributed by atoms with van der Waals surface area (Å²) in [5.74, 6) is 1.50. The molecule has 13 heavy (non-hydrogen) atoms. The van der Waals surface area contributed by atoms with E-state index in [-0.39, 0.29) is 0 Å². The minimum atomic E-state index is 0.572. The van der Waals surface area contributed by atoms with Crippen molar-refractivity contribution in [3.05, 3.63) is 24.4 Å². The van der Waals surface area contributed by atoms with Crippen LogP contribution in [-0.4, -0.2) is 0 Å². The first kappa shape index (κ1) is 10.4. The lowest BCUT2D eigenvalue weighted by atomic mass is 9.76. The Labute approximate surface area is 81.7 Å². The highest BCUT2D eigenvalue weighted by atomic mass is 14.6. The predicted molar refractivity (Wildman–Crippen MR) is 58.2 cm³/mol. The van der Waals surface area contributed by atoms with Gasteiger partial charge < -0.3 is 5.73 Å². The molecule has 0 heterocycles. The van der Waals surface area contributed by atoms with Crippen LogP contribution >= 0.6 is 0 Å². The smallest absolute Gasteiger partial charge is 0.0270 e. The summed E-state index contributed by atoms with van der Waals surface area (Å²) in [7, 11) is 0. The molecule has 0 aromatic rings. The van der Waals surface area contributed by atoms with Gasteiger partial charge in [-0.25, -0.2) is 0 Å². The molecule has 0 aliphatic heterocycles. The second-order valence-corrected chi connectivity index (χ2v) is 4.19. The van der Waals surface area contributed by atoms with E-state index in [9.17, 15) is 0 Å². The summed E-state index contributed by atoms with van der Waals surface area (Å²) < 4.78 is 0. The largest absolute Gasteiger partial charge is 0.399 e. The van der Waals surface area contributed by atoms with Crippen molar-refractivity contribution < 1.29 is 0 Å². The second kappa shape index (κ2) is 4.50. The Kier molecular flexibility index (Phi) is 3.58. The van der Waals surface area contributed by atoms with E-state index >= 15 is 0 Å². The third-order valence-electron chi connectivity index (χ3n) is 3.24. The maximum Gasteiger partial charge on any atom is 0.0270 e. The van der Waals surface area contributed by atoms with E-state index in [1.807, 2.05) is 0 Å². The highest BCUT2D eigenvalue weighted by Gasteiger charge is 2.22. The quantitative estimate of drug-likeness (QED) is 0.644. The molecule has 1 saturated carbocycles. The highest BCUT2D eigenvalue weighted by molar-refractivity contribution is 5.24. The molecule has 1 fully saturated rings. The average molecular weight is 179 g/mol. The molecule has 0 bridgehead atoms. The van der Waals surface area contributed by atoms with Crippen molar-refractivity contribution in [1.29, 1.82) is 0 Å². The molecule has 0 aromatic carbocycles. The SMILES string of the molecule is C=C(N)C(=C)C(CC)CC1CCC1. The van der Waals surface area contributed by atoms with Gasteiger partial charge in [0.15, 0.2) is 0 Å². The van der Waals surface area contributed by atoms with Crippen molar-refractivity contribution in [1.82, 2.24) is 0 Å². The molecule has 74 valence electrons. The van der Waals surface area contributed by atoms with Crippen molar-refractivity contribution in [3.8, 4) is 0 Å². The summed E-state index contributed by atoms with van der Waals surface area (Å²) in [4.78, 5) is 0. The Balaban J connectivity index is 2.41. The Hall–Kier alpha value is -0.720. The molecule has 0 aromatic heterocycles. The molecular formula is C12H21N. The van der Waals surface area contributed by atoms with E-state index in [2.05, 4.69) is 20.1 Å². The number of nitrogens with two attached hydrogens (primary N) is 1. The fraction of sp³-hybridized carbons (Fsp3) is 0.667. The van der Waals surface area contributed by atoms with Crippen LogP contribution in [0.2, 0.25) is 0 Å². The summed E-state index contributed by atoms with van der Waals surface area (Å²) in [5, 5.41) is 0. The fourth-order valence-corrected chi connectivity index (χ4v) is 1.95. The second-order valence-electron chi connectivity index (χ2n) is 4.19. The minimum absolute atomic E-state index is 0.572. The van der Waals surface area contributed by atoms with E-state index < -0.39 is 0 Å². The van der Waals surface area contributed by atoms with Gasteiger partial charge in [-0.2, -0.15) is 0 Å². The Morgan fingerprint density at radius 2 is 2.08 bits per heavy atom. The minimum Gasteiger partial charge on any atom is -0.399 e. The van der Waals surface area contributed by atoms with E-state index in [0.29, 0.717) is 11.6 Å². The summed E-state index contributed by atoms with van der Waals surface area (Å²) >= 11 is 0. The Morgan fingerprint density at radius 3 is 2.38 bits per heavy atom. The first-order valence-electron chi connectivity index (χ1n) is 5.28. The van der Waals surface area contributed by atoms with Gasteiger partial charge in [0.05, 0.1) is 0 Å². The third-order valence-corrected chi connectivity index (χ3v) is 3.24. The lowest BCUT2D eigenvalue weighted by molar-refractivity contribution is 0.261. The summed E-state index contributed by atoms with van der Waals surface area (Å²) in [6.07, 6.45) is 6.63. The van der Waals surface area contributed by atoms with Gasteiger partial charge in [-0.05, 0) is 30.3 Å². The van der Waals surface area contributed by atoms with Crippen molar-refractivity contribution in [2.24, 2.45) is 17.6 Å². The van der Waals surface area contributed by atoms with Gasteiger partial charge in [0.2, 0.25) is 0 Å². The van der Waals surface area contributed by atoms with Gasteiger partial charge in [-0.3, -0.25) is 0 Å². The van der Waals surface area contributed by atoms with Crippen LogP contribution < -0.4 is 5.73 Å². The van der Waals surface area contributed by atoms with E-state index in [0.717, 1.165) is 17.9 Å². The molecule has 2 N–H and O–H groups in total. The monoisotopic (exact) mass is 179 g/mol. The molecule has 1 nitrogen and oxygen atoms in total. The zero-order valence-corrected chi connectivity index (χ0v) is 8.68. The lowest BCUT2D eigenvalue weighted by Gasteiger charge is -2.30. The number of rotatable bonds is 5. The van der Waals surface area contributed by atoms with Crippen molar-refractivity contribution in [3.63, 3.8) is 0 Å². The summed E-state index contributed by atoms with van der Waals surface area (Å²) in [6.45, 7) is 9.97. The number of hydrogen-bond acceptors (Lipinski definition) is 1. The van der Waals surface area contributed by atoms with E-state index in [1.165, 1.54) is 25.7 Å². The fourth-order valence-electron chi connectivity index (χ4n) is 1.95. The van der Waals surface area contributed by atoms with Crippen LogP contribution in [0.15, 0.2) is 24.4 Å². The lowest BCUT2D eigenvalue weighted by Crippen LogP contribution is -2.18. The summed E-state index contributed by atoms with van der Waals surface area (Å²) in [5.41, 5.74) is 7.39. The van der Waals surface area contributed by atoms with Crippen LogP contribution in [-0.2, 0) is 0 Å². The molecule has 1 heteroatoms. The van der Waals surface area contributed by atoms with Crippen LogP contribution in [0.25, 0.3) is 0 Å². The average Bonchev–Trinajstić information content (AvgIpc) is 2.02. The maximum absolute atomic E-state index is 5.65. The van der Waals surface area contributed by atoms with Gasteiger partial charge >= 0.3 is 0 Å². The molecule has 0 radical (unpaired) electrons. The molecule has 1 unspecified atom stereocenters. The zero-order valence-electron chi connectivity index (χ0n) is 8.68. The molecule has 1 aliphatic rings. The number of allylic oxidation sites excluding steroid dienone is 1. The summed E-state index contributed by atoms with van der Waals surface area (Å²) in [6, 6.07) is 0. The molecular weight excluding hydrogens is 158 g/mol. The van der Waals surface area contributed by atoms with Crippen LogP contribution in [0.4, 0.5) is 0 Å². The van der Waals surface area contributed by atoms with E-state index in [4.69, 9.17) is 5.73 Å². The first-order chi connectivity index (χ1) is 6.15. The molecule has 1 rings (SSSR count). The molecule has 0 spiro atoms. The van der Waals surface area contributed by atoms with Crippen molar-refractivity contribution in [2.75, 3.05) is 0 Å². The molecule has 1 aliphatic carbocycles. The van der Waals surface area contributed by atoms with Crippen LogP contribution in [0.1, 0.15) is 39.0 Å². The Bertz CT molecular complexity index is 201. The van der Waals surface area contributed by atoms with Gasteiger partial charge in [0.1, 0.15) is 0 Å². The Morgan fingerprint density at radius 1 is 1.46 bits per heavy atom. The molecule has 1 atom stereocenters. The third kappa shape index (κ3) is 2.61. The first-order valence-corrected chi connectivity index (χ1v) is 5.28. The molecule has 0 saturated heterocycles.